The van der Waals surface area contributed by atoms with E-state index in [1.165, 1.54) is 11.8 Å². The van der Waals surface area contributed by atoms with Crippen molar-refractivity contribution in [2.45, 2.75) is 37.8 Å². The van der Waals surface area contributed by atoms with Gasteiger partial charge in [0.15, 0.2) is 0 Å². The Hall–Kier alpha value is -1.52. The molecule has 0 radical (unpaired) electrons. The highest BCUT2D eigenvalue weighted by atomic mass is 35.5. The SMILES string of the molecule is CCC(C)(C)NC(=O)c1ccc(-c2ccc(Cl)cc2)c(SC)n1. The molecule has 23 heavy (non-hydrogen) atoms. The summed E-state index contributed by atoms with van der Waals surface area (Å²) in [7, 11) is 0. The molecule has 1 N–H and O–H groups in total. The van der Waals surface area contributed by atoms with Crippen molar-refractivity contribution in [3.8, 4) is 11.1 Å². The summed E-state index contributed by atoms with van der Waals surface area (Å²) in [5.74, 6) is -0.144. The van der Waals surface area contributed by atoms with Gasteiger partial charge in [0.05, 0.1) is 0 Å². The van der Waals surface area contributed by atoms with E-state index in [-0.39, 0.29) is 11.4 Å². The first kappa shape index (κ1) is 17.8. The second kappa shape index (κ2) is 7.37. The van der Waals surface area contributed by atoms with E-state index >= 15 is 0 Å². The number of hydrogen-bond donors (Lipinski definition) is 1. The maximum Gasteiger partial charge on any atom is 0.270 e. The van der Waals surface area contributed by atoms with Crippen molar-refractivity contribution in [1.29, 1.82) is 0 Å². The second-order valence-electron chi connectivity index (χ2n) is 5.95. The first-order valence-corrected chi connectivity index (χ1v) is 9.10. The molecule has 1 amide bonds. The Labute approximate surface area is 146 Å². The Kier molecular flexibility index (Phi) is 5.71. The fourth-order valence-electron chi connectivity index (χ4n) is 2.03. The van der Waals surface area contributed by atoms with Crippen molar-refractivity contribution < 1.29 is 4.79 Å². The summed E-state index contributed by atoms with van der Waals surface area (Å²) in [6.07, 6.45) is 2.82. The number of pyridine rings is 1. The maximum absolute atomic E-state index is 12.4. The molecular formula is C18H21ClN2OS. The molecule has 2 rings (SSSR count). The predicted octanol–water partition coefficient (Wildman–Crippen LogP) is 5.04. The van der Waals surface area contributed by atoms with Gasteiger partial charge in [-0.1, -0.05) is 30.7 Å². The number of amides is 1. The van der Waals surface area contributed by atoms with Gasteiger partial charge in [0.1, 0.15) is 10.7 Å². The average Bonchev–Trinajstić information content (AvgIpc) is 2.54. The van der Waals surface area contributed by atoms with Crippen LogP contribution in [0.2, 0.25) is 5.02 Å². The molecule has 0 atom stereocenters. The zero-order chi connectivity index (χ0) is 17.0. The van der Waals surface area contributed by atoms with E-state index in [9.17, 15) is 4.79 Å². The summed E-state index contributed by atoms with van der Waals surface area (Å²) in [4.78, 5) is 16.9. The van der Waals surface area contributed by atoms with Crippen LogP contribution in [0.25, 0.3) is 11.1 Å². The van der Waals surface area contributed by atoms with Gasteiger partial charge in [-0.3, -0.25) is 4.79 Å². The van der Waals surface area contributed by atoms with Crippen LogP contribution in [-0.2, 0) is 0 Å². The molecule has 0 fully saturated rings. The molecule has 122 valence electrons. The van der Waals surface area contributed by atoms with Crippen molar-refractivity contribution in [2.24, 2.45) is 0 Å². The summed E-state index contributed by atoms with van der Waals surface area (Å²) in [6, 6.07) is 11.3. The molecule has 5 heteroatoms. The Bertz CT molecular complexity index is 699. The number of nitrogens with zero attached hydrogens (tertiary/aromatic N) is 1. The third-order valence-corrected chi connectivity index (χ3v) is 4.73. The number of benzene rings is 1. The van der Waals surface area contributed by atoms with Crippen LogP contribution in [0.3, 0.4) is 0 Å². The molecule has 0 saturated carbocycles. The van der Waals surface area contributed by atoms with Crippen molar-refractivity contribution >= 4 is 29.3 Å². The molecule has 3 nitrogen and oxygen atoms in total. The quantitative estimate of drug-likeness (QED) is 0.769. The van der Waals surface area contributed by atoms with Crippen molar-refractivity contribution in [3.63, 3.8) is 0 Å². The van der Waals surface area contributed by atoms with Gasteiger partial charge in [-0.15, -0.1) is 11.8 Å². The van der Waals surface area contributed by atoms with Crippen molar-refractivity contribution in [2.75, 3.05) is 6.26 Å². The first-order chi connectivity index (χ1) is 10.9. The number of halogens is 1. The van der Waals surface area contributed by atoms with Gasteiger partial charge >= 0.3 is 0 Å². The first-order valence-electron chi connectivity index (χ1n) is 7.50. The van der Waals surface area contributed by atoms with E-state index < -0.39 is 0 Å². The average molecular weight is 349 g/mol. The van der Waals surface area contributed by atoms with Gasteiger partial charge in [-0.25, -0.2) is 4.98 Å². The largest absolute Gasteiger partial charge is 0.346 e. The molecule has 2 aromatic rings. The van der Waals surface area contributed by atoms with E-state index in [0.717, 1.165) is 22.6 Å². The lowest BCUT2D eigenvalue weighted by Gasteiger charge is -2.24. The fraction of sp³-hybridized carbons (Fsp3) is 0.333. The normalized spacial score (nSPS) is 11.3. The lowest BCUT2D eigenvalue weighted by molar-refractivity contribution is 0.0905. The van der Waals surface area contributed by atoms with Crippen LogP contribution in [0.1, 0.15) is 37.7 Å². The van der Waals surface area contributed by atoms with Crippen molar-refractivity contribution in [3.05, 3.63) is 47.1 Å². The van der Waals surface area contributed by atoms with Gasteiger partial charge in [0.2, 0.25) is 0 Å². The van der Waals surface area contributed by atoms with E-state index in [2.05, 4.69) is 10.3 Å². The van der Waals surface area contributed by atoms with Crippen LogP contribution in [0.4, 0.5) is 0 Å². The number of carbonyl (C=O) groups excluding carboxylic acids is 1. The number of carbonyl (C=O) groups is 1. The number of aromatic nitrogens is 1. The van der Waals surface area contributed by atoms with E-state index in [1.807, 2.05) is 57.4 Å². The third-order valence-electron chi connectivity index (χ3n) is 3.78. The highest BCUT2D eigenvalue weighted by Crippen LogP contribution is 2.29. The summed E-state index contributed by atoms with van der Waals surface area (Å²) < 4.78 is 0. The smallest absolute Gasteiger partial charge is 0.270 e. The monoisotopic (exact) mass is 348 g/mol. The van der Waals surface area contributed by atoms with Crippen LogP contribution in [0.15, 0.2) is 41.4 Å². The van der Waals surface area contributed by atoms with Crippen LogP contribution < -0.4 is 5.32 Å². The van der Waals surface area contributed by atoms with Crippen LogP contribution in [0, 0.1) is 0 Å². The lowest BCUT2D eigenvalue weighted by atomic mass is 10.0. The number of hydrogen-bond acceptors (Lipinski definition) is 3. The summed E-state index contributed by atoms with van der Waals surface area (Å²) in [5.41, 5.74) is 2.23. The predicted molar refractivity (Wildman–Crippen MR) is 98.3 cm³/mol. The fourth-order valence-corrected chi connectivity index (χ4v) is 2.75. The van der Waals surface area contributed by atoms with Gasteiger partial charge in [0, 0.05) is 16.1 Å². The molecular weight excluding hydrogens is 328 g/mol. The maximum atomic E-state index is 12.4. The Balaban J connectivity index is 2.33. The number of nitrogens with one attached hydrogen (secondary N) is 1. The summed E-state index contributed by atoms with van der Waals surface area (Å²) in [6.45, 7) is 6.05. The molecule has 0 unspecified atom stereocenters. The molecule has 1 aromatic heterocycles. The lowest BCUT2D eigenvalue weighted by Crippen LogP contribution is -2.43. The van der Waals surface area contributed by atoms with Crippen LogP contribution in [-0.4, -0.2) is 22.7 Å². The minimum absolute atomic E-state index is 0.144. The van der Waals surface area contributed by atoms with Gasteiger partial charge in [0.25, 0.3) is 5.91 Å². The topological polar surface area (TPSA) is 42.0 Å². The molecule has 0 bridgehead atoms. The molecule has 1 heterocycles. The van der Waals surface area contributed by atoms with E-state index in [1.54, 1.807) is 6.07 Å². The van der Waals surface area contributed by atoms with Gasteiger partial charge in [-0.05, 0) is 56.4 Å². The van der Waals surface area contributed by atoms with E-state index in [4.69, 9.17) is 11.6 Å². The van der Waals surface area contributed by atoms with E-state index in [0.29, 0.717) is 10.7 Å². The second-order valence-corrected chi connectivity index (χ2v) is 7.18. The molecule has 0 aliphatic heterocycles. The highest BCUT2D eigenvalue weighted by Gasteiger charge is 2.20. The zero-order valence-corrected chi connectivity index (χ0v) is 15.4. The molecule has 1 aromatic carbocycles. The number of rotatable bonds is 5. The Morgan fingerprint density at radius 2 is 1.87 bits per heavy atom. The van der Waals surface area contributed by atoms with Gasteiger partial charge in [-0.2, -0.15) is 0 Å². The van der Waals surface area contributed by atoms with Crippen LogP contribution in [0.5, 0.6) is 0 Å². The zero-order valence-electron chi connectivity index (χ0n) is 13.8. The standard InChI is InChI=1S/C18H21ClN2OS/c1-5-18(2,3)21-16(22)15-11-10-14(17(20-15)23-4)12-6-8-13(19)9-7-12/h6-11H,5H2,1-4H3,(H,21,22). The Morgan fingerprint density at radius 1 is 1.22 bits per heavy atom. The minimum Gasteiger partial charge on any atom is -0.346 e. The van der Waals surface area contributed by atoms with Crippen LogP contribution >= 0.6 is 23.4 Å². The molecule has 0 spiro atoms. The minimum atomic E-state index is -0.243. The summed E-state index contributed by atoms with van der Waals surface area (Å²) in [5, 5.41) is 4.54. The van der Waals surface area contributed by atoms with Crippen molar-refractivity contribution in [1.82, 2.24) is 10.3 Å². The number of thioether (sulfide) groups is 1. The Morgan fingerprint density at radius 3 is 2.43 bits per heavy atom. The molecule has 0 aliphatic rings. The van der Waals surface area contributed by atoms with Gasteiger partial charge < -0.3 is 5.32 Å². The summed E-state index contributed by atoms with van der Waals surface area (Å²) >= 11 is 7.47. The third kappa shape index (κ3) is 4.49. The molecule has 0 saturated heterocycles. The molecule has 0 aliphatic carbocycles. The highest BCUT2D eigenvalue weighted by molar-refractivity contribution is 7.98.